The molecule has 2 aliphatic rings. The molecule has 100 valence electrons. The molecule has 2 heteroatoms. The van der Waals surface area contributed by atoms with Gasteiger partial charge in [0.1, 0.15) is 0 Å². The highest BCUT2D eigenvalue weighted by Gasteiger charge is 2.29. The summed E-state index contributed by atoms with van der Waals surface area (Å²) in [5.74, 6) is 0.904. The van der Waals surface area contributed by atoms with E-state index in [2.05, 4.69) is 31.1 Å². The minimum Gasteiger partial charge on any atom is -0.317 e. The molecule has 2 fully saturated rings. The van der Waals surface area contributed by atoms with Gasteiger partial charge in [0.15, 0.2) is 0 Å². The van der Waals surface area contributed by atoms with Crippen LogP contribution in [0.25, 0.3) is 0 Å². The predicted octanol–water partition coefficient (Wildman–Crippen LogP) is 2.89. The van der Waals surface area contributed by atoms with Crippen LogP contribution in [-0.4, -0.2) is 37.6 Å². The molecule has 0 aromatic rings. The number of nitrogens with one attached hydrogen (secondary N) is 1. The molecule has 1 aliphatic heterocycles. The molecule has 2 nitrogen and oxygen atoms in total. The highest BCUT2D eigenvalue weighted by Crippen LogP contribution is 2.32. The van der Waals surface area contributed by atoms with Crippen LogP contribution >= 0.6 is 0 Å². The third-order valence-electron chi connectivity index (χ3n) is 4.96. The van der Waals surface area contributed by atoms with Crippen molar-refractivity contribution in [3.8, 4) is 0 Å². The second kappa shape index (κ2) is 5.71. The number of rotatable bonds is 3. The van der Waals surface area contributed by atoms with E-state index in [1.165, 1.54) is 58.2 Å². The molecule has 1 saturated heterocycles. The second-order valence-electron chi connectivity index (χ2n) is 6.90. The van der Waals surface area contributed by atoms with Crippen molar-refractivity contribution in [3.63, 3.8) is 0 Å². The average Bonchev–Trinajstić information content (AvgIpc) is 2.65. The number of nitrogens with zero attached hydrogens (tertiary/aromatic N) is 1. The van der Waals surface area contributed by atoms with Gasteiger partial charge in [-0.25, -0.2) is 0 Å². The minimum atomic E-state index is 0.576. The maximum Gasteiger partial charge on any atom is 0.0104 e. The summed E-state index contributed by atoms with van der Waals surface area (Å²) in [6.45, 7) is 8.85. The van der Waals surface area contributed by atoms with Crippen molar-refractivity contribution in [1.82, 2.24) is 10.2 Å². The van der Waals surface area contributed by atoms with Crippen molar-refractivity contribution < 1.29 is 0 Å². The van der Waals surface area contributed by atoms with Crippen molar-refractivity contribution in [2.45, 2.75) is 58.4 Å². The quantitative estimate of drug-likeness (QED) is 0.813. The topological polar surface area (TPSA) is 15.3 Å². The van der Waals surface area contributed by atoms with Crippen molar-refractivity contribution in [3.05, 3.63) is 0 Å². The van der Waals surface area contributed by atoms with Crippen LogP contribution in [0.1, 0.15) is 52.4 Å². The third kappa shape index (κ3) is 3.69. The van der Waals surface area contributed by atoms with E-state index in [1.807, 2.05) is 0 Å². The van der Waals surface area contributed by atoms with E-state index < -0.39 is 0 Å². The lowest BCUT2D eigenvalue weighted by Crippen LogP contribution is -2.38. The Morgan fingerprint density at radius 2 is 1.94 bits per heavy atom. The van der Waals surface area contributed by atoms with Crippen molar-refractivity contribution in [2.75, 3.05) is 26.7 Å². The standard InChI is InChI=1S/C15H30N2/c1-15(2)8-5-10-17(11-9-15)12-13-6-4-7-14(13)16-3/h13-14,16H,4-12H2,1-3H3. The summed E-state index contributed by atoms with van der Waals surface area (Å²) in [7, 11) is 2.13. The Labute approximate surface area is 107 Å². The molecular weight excluding hydrogens is 208 g/mol. The maximum absolute atomic E-state index is 3.51. The molecule has 2 rings (SSSR count). The first-order valence-corrected chi connectivity index (χ1v) is 7.50. The van der Waals surface area contributed by atoms with E-state index in [1.54, 1.807) is 0 Å². The van der Waals surface area contributed by atoms with Gasteiger partial charge in [0.25, 0.3) is 0 Å². The highest BCUT2D eigenvalue weighted by molar-refractivity contribution is 4.85. The first kappa shape index (κ1) is 13.4. The summed E-state index contributed by atoms with van der Waals surface area (Å²) < 4.78 is 0. The van der Waals surface area contributed by atoms with Crippen molar-refractivity contribution in [1.29, 1.82) is 0 Å². The molecule has 2 unspecified atom stereocenters. The summed E-state index contributed by atoms with van der Waals surface area (Å²) in [4.78, 5) is 2.73. The third-order valence-corrected chi connectivity index (χ3v) is 4.96. The van der Waals surface area contributed by atoms with E-state index in [4.69, 9.17) is 0 Å². The Balaban J connectivity index is 1.82. The molecule has 0 aromatic carbocycles. The van der Waals surface area contributed by atoms with Gasteiger partial charge in [0, 0.05) is 12.6 Å². The molecule has 1 heterocycles. The predicted molar refractivity (Wildman–Crippen MR) is 74.3 cm³/mol. The molecule has 2 atom stereocenters. The number of hydrogen-bond donors (Lipinski definition) is 1. The Morgan fingerprint density at radius 3 is 2.71 bits per heavy atom. The summed E-state index contributed by atoms with van der Waals surface area (Å²) in [5, 5.41) is 3.51. The second-order valence-corrected chi connectivity index (χ2v) is 6.90. The molecule has 0 spiro atoms. The van der Waals surface area contributed by atoms with Crippen LogP contribution in [-0.2, 0) is 0 Å². The SMILES string of the molecule is CNC1CCCC1CN1CCCC(C)(C)CC1. The molecule has 0 amide bonds. The zero-order valence-electron chi connectivity index (χ0n) is 12.0. The fourth-order valence-corrected chi connectivity index (χ4v) is 3.63. The summed E-state index contributed by atoms with van der Waals surface area (Å²) >= 11 is 0. The van der Waals surface area contributed by atoms with Crippen LogP contribution in [0.15, 0.2) is 0 Å². The minimum absolute atomic E-state index is 0.576. The Morgan fingerprint density at radius 1 is 1.12 bits per heavy atom. The van der Waals surface area contributed by atoms with Crippen LogP contribution in [0.4, 0.5) is 0 Å². The van der Waals surface area contributed by atoms with Gasteiger partial charge in [0.05, 0.1) is 0 Å². The van der Waals surface area contributed by atoms with Gasteiger partial charge in [-0.3, -0.25) is 0 Å². The molecule has 17 heavy (non-hydrogen) atoms. The van der Waals surface area contributed by atoms with Gasteiger partial charge < -0.3 is 10.2 Å². The van der Waals surface area contributed by atoms with Crippen molar-refractivity contribution in [2.24, 2.45) is 11.3 Å². The fourth-order valence-electron chi connectivity index (χ4n) is 3.63. The number of hydrogen-bond acceptors (Lipinski definition) is 2. The van der Waals surface area contributed by atoms with E-state index in [0.29, 0.717) is 5.41 Å². The van der Waals surface area contributed by atoms with E-state index >= 15 is 0 Å². The molecule has 0 bridgehead atoms. The average molecular weight is 238 g/mol. The Hall–Kier alpha value is -0.0800. The molecule has 1 aliphatic carbocycles. The molecule has 0 radical (unpaired) electrons. The maximum atomic E-state index is 3.51. The first-order valence-electron chi connectivity index (χ1n) is 7.50. The molecule has 1 N–H and O–H groups in total. The van der Waals surface area contributed by atoms with Crippen LogP contribution in [0.3, 0.4) is 0 Å². The Bertz CT molecular complexity index is 237. The largest absolute Gasteiger partial charge is 0.317 e. The van der Waals surface area contributed by atoms with Crippen LogP contribution in [0.5, 0.6) is 0 Å². The highest BCUT2D eigenvalue weighted by atomic mass is 15.1. The summed E-state index contributed by atoms with van der Waals surface area (Å²) in [6.07, 6.45) is 8.43. The van der Waals surface area contributed by atoms with Crippen molar-refractivity contribution >= 4 is 0 Å². The molecule has 0 aromatic heterocycles. The van der Waals surface area contributed by atoms with Gasteiger partial charge in [-0.1, -0.05) is 20.3 Å². The van der Waals surface area contributed by atoms with Crippen LogP contribution in [0.2, 0.25) is 0 Å². The van der Waals surface area contributed by atoms with Gasteiger partial charge in [0.2, 0.25) is 0 Å². The summed E-state index contributed by atoms with van der Waals surface area (Å²) in [6, 6.07) is 0.784. The lowest BCUT2D eigenvalue weighted by molar-refractivity contribution is 0.213. The zero-order valence-corrected chi connectivity index (χ0v) is 12.0. The Kier molecular flexibility index (Phi) is 4.48. The van der Waals surface area contributed by atoms with E-state index in [0.717, 1.165) is 12.0 Å². The summed E-state index contributed by atoms with van der Waals surface area (Å²) in [5.41, 5.74) is 0.576. The van der Waals surface area contributed by atoms with E-state index in [9.17, 15) is 0 Å². The zero-order chi connectivity index (χ0) is 12.3. The molecule has 1 saturated carbocycles. The lowest BCUT2D eigenvalue weighted by atomic mass is 9.85. The van der Waals surface area contributed by atoms with Gasteiger partial charge in [-0.05, 0) is 63.6 Å². The van der Waals surface area contributed by atoms with Gasteiger partial charge >= 0.3 is 0 Å². The van der Waals surface area contributed by atoms with Crippen LogP contribution < -0.4 is 5.32 Å². The van der Waals surface area contributed by atoms with Gasteiger partial charge in [-0.15, -0.1) is 0 Å². The monoisotopic (exact) mass is 238 g/mol. The number of likely N-dealkylation sites (tertiary alicyclic amines) is 1. The molecular formula is C15H30N2. The smallest absolute Gasteiger partial charge is 0.0104 e. The van der Waals surface area contributed by atoms with E-state index in [-0.39, 0.29) is 0 Å². The van der Waals surface area contributed by atoms with Gasteiger partial charge in [-0.2, -0.15) is 0 Å². The lowest BCUT2D eigenvalue weighted by Gasteiger charge is -2.28. The first-order chi connectivity index (χ1) is 8.11. The normalized spacial score (nSPS) is 34.8. The fraction of sp³-hybridized carbons (Fsp3) is 1.00. The van der Waals surface area contributed by atoms with Crippen LogP contribution in [0, 0.1) is 11.3 Å².